The molecule has 1 aromatic rings. The average molecular weight is 248 g/mol. The van der Waals surface area contributed by atoms with E-state index in [0.717, 1.165) is 5.69 Å². The molecule has 0 unspecified atom stereocenters. The third-order valence-corrected chi connectivity index (χ3v) is 2.38. The highest BCUT2D eigenvalue weighted by atomic mass is 16.2. The molecule has 0 aromatic heterocycles. The smallest absolute Gasteiger partial charge is 0.242 e. The summed E-state index contributed by atoms with van der Waals surface area (Å²) < 4.78 is 0. The molecule has 1 rings (SSSR count). The zero-order valence-electron chi connectivity index (χ0n) is 10.6. The van der Waals surface area contributed by atoms with Crippen LogP contribution in [0.2, 0.25) is 0 Å². The first-order valence-electron chi connectivity index (χ1n) is 5.71. The van der Waals surface area contributed by atoms with Crippen LogP contribution >= 0.6 is 0 Å². The Morgan fingerprint density at radius 2 is 2.00 bits per heavy atom. The number of anilines is 1. The highest BCUT2D eigenvalue weighted by Gasteiger charge is 2.13. The Labute approximate surface area is 107 Å². The fraction of sp³-hybridized carbons (Fsp3) is 0.308. The molecule has 1 atom stereocenters. The predicted octanol–water partition coefficient (Wildman–Crippen LogP) is 0.870. The van der Waals surface area contributed by atoms with Crippen molar-refractivity contribution in [3.05, 3.63) is 36.8 Å². The summed E-state index contributed by atoms with van der Waals surface area (Å²) in [5.74, 6) is -0.843. The maximum Gasteiger partial charge on any atom is 0.242 e. The summed E-state index contributed by atoms with van der Waals surface area (Å²) in [5.41, 5.74) is 8.62. The number of para-hydroxylation sites is 1. The van der Waals surface area contributed by atoms with E-state index in [1.165, 1.54) is 6.42 Å². The summed E-state index contributed by atoms with van der Waals surface area (Å²) in [6.45, 7) is 1.77. The van der Waals surface area contributed by atoms with Crippen molar-refractivity contribution in [1.82, 2.24) is 5.43 Å². The number of amides is 2. The average Bonchev–Trinajstić information content (AvgIpc) is 2.28. The number of hydrogen-bond acceptors (Lipinski definition) is 3. The number of hydrogen-bond donors (Lipinski definition) is 2. The number of nitrogens with zero attached hydrogens (tertiary/aromatic N) is 1. The number of nitrogens with two attached hydrogens (primary N) is 1. The minimum Gasteiger partial charge on any atom is -0.370 e. The molecule has 0 heterocycles. The second kappa shape index (κ2) is 6.64. The van der Waals surface area contributed by atoms with E-state index < -0.39 is 5.91 Å². The van der Waals surface area contributed by atoms with Gasteiger partial charge in [0, 0.05) is 13.5 Å². The van der Waals surface area contributed by atoms with Gasteiger partial charge in [-0.05, 0) is 18.1 Å². The molecule has 97 valence electrons. The van der Waals surface area contributed by atoms with Crippen LogP contribution in [0.5, 0.6) is 0 Å². The van der Waals surface area contributed by atoms with Gasteiger partial charge in [0.15, 0.2) is 0 Å². The molecule has 1 aromatic carbocycles. The summed E-state index contributed by atoms with van der Waals surface area (Å²) in [4.78, 5) is 22.4. The number of rotatable bonds is 6. The van der Waals surface area contributed by atoms with E-state index in [4.69, 9.17) is 5.73 Å². The van der Waals surface area contributed by atoms with Crippen LogP contribution in [0, 0.1) is 12.3 Å². The van der Waals surface area contributed by atoms with Crippen molar-refractivity contribution in [2.75, 3.05) is 12.1 Å². The molecule has 0 aliphatic carbocycles. The van der Waals surface area contributed by atoms with Gasteiger partial charge < -0.3 is 5.73 Å². The summed E-state index contributed by atoms with van der Waals surface area (Å²) >= 11 is 0. The first-order valence-corrected chi connectivity index (χ1v) is 5.71. The Bertz CT molecular complexity index is 406. The zero-order valence-corrected chi connectivity index (χ0v) is 10.6. The molecule has 0 spiro atoms. The van der Waals surface area contributed by atoms with Gasteiger partial charge in [0.25, 0.3) is 0 Å². The molecule has 0 bridgehead atoms. The van der Waals surface area contributed by atoms with Gasteiger partial charge in [-0.15, -0.1) is 0 Å². The van der Waals surface area contributed by atoms with Crippen LogP contribution in [0.25, 0.3) is 0 Å². The van der Waals surface area contributed by atoms with Crippen LogP contribution in [0.3, 0.4) is 0 Å². The summed E-state index contributed by atoms with van der Waals surface area (Å²) in [6.07, 6.45) is 1.62. The lowest BCUT2D eigenvalue weighted by molar-refractivity contribution is -0.119. The molecule has 2 amide bonds. The van der Waals surface area contributed by atoms with Gasteiger partial charge in [-0.3, -0.25) is 20.0 Å². The second-order valence-electron chi connectivity index (χ2n) is 4.19. The van der Waals surface area contributed by atoms with E-state index >= 15 is 0 Å². The molecule has 3 N–H and O–H groups in total. The standard InChI is InChI=1S/C13H18N3O2/c1-10(8-12(14)17)9-13(18)15-16(2)11-6-4-3-5-7-11/h3-7,9-10H,8H2,1-2H3,(H2,14,17)(H,15,18)/t10-/m1/s1. The lowest BCUT2D eigenvalue weighted by atomic mass is 10.0. The monoisotopic (exact) mass is 248 g/mol. The molecular formula is C13H18N3O2. The third-order valence-electron chi connectivity index (χ3n) is 2.38. The predicted molar refractivity (Wildman–Crippen MR) is 70.3 cm³/mol. The fourth-order valence-electron chi connectivity index (χ4n) is 1.55. The number of carbonyl (C=O) groups excluding carboxylic acids is 2. The Morgan fingerprint density at radius 3 is 2.56 bits per heavy atom. The Morgan fingerprint density at radius 1 is 1.39 bits per heavy atom. The van der Waals surface area contributed by atoms with E-state index in [9.17, 15) is 9.59 Å². The quantitative estimate of drug-likeness (QED) is 0.733. The first-order chi connectivity index (χ1) is 8.49. The number of primary amides is 1. The van der Waals surface area contributed by atoms with E-state index in [0.29, 0.717) is 0 Å². The summed E-state index contributed by atoms with van der Waals surface area (Å²) in [7, 11) is 1.75. The van der Waals surface area contributed by atoms with Crippen LogP contribution in [0.4, 0.5) is 5.69 Å². The van der Waals surface area contributed by atoms with Crippen molar-refractivity contribution < 1.29 is 9.59 Å². The van der Waals surface area contributed by atoms with Gasteiger partial charge in [-0.2, -0.15) is 0 Å². The molecule has 0 aliphatic rings. The fourth-order valence-corrected chi connectivity index (χ4v) is 1.55. The Kier molecular flexibility index (Phi) is 5.17. The number of nitrogens with one attached hydrogen (secondary N) is 1. The van der Waals surface area contributed by atoms with Crippen molar-refractivity contribution >= 4 is 17.5 Å². The SMILES string of the molecule is C[C@@H]([CH]C(=O)NN(C)c1ccccc1)CC(N)=O. The molecule has 5 nitrogen and oxygen atoms in total. The number of carbonyl (C=O) groups is 2. The molecular weight excluding hydrogens is 230 g/mol. The maximum atomic E-state index is 11.7. The number of hydrazine groups is 1. The minimum absolute atomic E-state index is 0.169. The van der Waals surface area contributed by atoms with Crippen molar-refractivity contribution in [2.24, 2.45) is 11.7 Å². The van der Waals surface area contributed by atoms with Crippen LogP contribution in [-0.2, 0) is 9.59 Å². The van der Waals surface area contributed by atoms with Crippen LogP contribution < -0.4 is 16.2 Å². The zero-order chi connectivity index (χ0) is 13.5. The normalized spacial score (nSPS) is 11.7. The van der Waals surface area contributed by atoms with Crippen molar-refractivity contribution in [2.45, 2.75) is 13.3 Å². The Balaban J connectivity index is 2.43. The summed E-state index contributed by atoms with van der Waals surface area (Å²) in [5, 5.41) is 1.62. The second-order valence-corrected chi connectivity index (χ2v) is 4.19. The lowest BCUT2D eigenvalue weighted by Gasteiger charge is -2.21. The van der Waals surface area contributed by atoms with Crippen LogP contribution in [-0.4, -0.2) is 18.9 Å². The molecule has 0 saturated heterocycles. The van der Waals surface area contributed by atoms with E-state index in [-0.39, 0.29) is 18.2 Å². The van der Waals surface area contributed by atoms with Gasteiger partial charge in [0.1, 0.15) is 0 Å². The molecule has 0 saturated carbocycles. The van der Waals surface area contributed by atoms with E-state index in [1.54, 1.807) is 19.0 Å². The van der Waals surface area contributed by atoms with Crippen molar-refractivity contribution in [3.8, 4) is 0 Å². The van der Waals surface area contributed by atoms with Gasteiger partial charge in [-0.1, -0.05) is 25.1 Å². The van der Waals surface area contributed by atoms with E-state index in [1.807, 2.05) is 30.3 Å². The van der Waals surface area contributed by atoms with Crippen molar-refractivity contribution in [1.29, 1.82) is 0 Å². The molecule has 18 heavy (non-hydrogen) atoms. The van der Waals surface area contributed by atoms with Crippen molar-refractivity contribution in [3.63, 3.8) is 0 Å². The highest BCUT2D eigenvalue weighted by molar-refractivity contribution is 5.87. The lowest BCUT2D eigenvalue weighted by Crippen LogP contribution is -2.40. The van der Waals surface area contributed by atoms with Crippen LogP contribution in [0.15, 0.2) is 30.3 Å². The third kappa shape index (κ3) is 4.86. The largest absolute Gasteiger partial charge is 0.370 e. The summed E-state index contributed by atoms with van der Waals surface area (Å²) in [6, 6.07) is 9.44. The molecule has 0 fully saturated rings. The van der Waals surface area contributed by atoms with Gasteiger partial charge in [0.2, 0.25) is 11.8 Å². The molecule has 5 heteroatoms. The molecule has 1 radical (unpaired) electrons. The molecule has 0 aliphatic heterocycles. The number of benzene rings is 1. The Hall–Kier alpha value is -2.04. The van der Waals surface area contributed by atoms with Gasteiger partial charge in [-0.25, -0.2) is 0 Å². The minimum atomic E-state index is -0.414. The van der Waals surface area contributed by atoms with Gasteiger partial charge >= 0.3 is 0 Å². The van der Waals surface area contributed by atoms with E-state index in [2.05, 4.69) is 5.43 Å². The maximum absolute atomic E-state index is 11.7. The topological polar surface area (TPSA) is 75.4 Å². The highest BCUT2D eigenvalue weighted by Crippen LogP contribution is 2.10. The van der Waals surface area contributed by atoms with Gasteiger partial charge in [0.05, 0.1) is 12.1 Å². The van der Waals surface area contributed by atoms with Crippen LogP contribution in [0.1, 0.15) is 13.3 Å². The first kappa shape index (κ1) is 14.0.